The fourth-order valence-corrected chi connectivity index (χ4v) is 2.48. The maximum atomic E-state index is 8.87. The summed E-state index contributed by atoms with van der Waals surface area (Å²) in [4.78, 5) is 5.36. The van der Waals surface area contributed by atoms with Gasteiger partial charge in [0.05, 0.1) is 4.88 Å². The van der Waals surface area contributed by atoms with Crippen LogP contribution in [0.5, 0.6) is 0 Å². The molecule has 0 aliphatic carbocycles. The lowest BCUT2D eigenvalue weighted by Crippen LogP contribution is -1.93. The van der Waals surface area contributed by atoms with E-state index in [4.69, 9.17) is 5.26 Å². The van der Waals surface area contributed by atoms with E-state index < -0.39 is 0 Å². The molecule has 2 rings (SSSR count). The van der Waals surface area contributed by atoms with Gasteiger partial charge in [0, 0.05) is 7.05 Å². The van der Waals surface area contributed by atoms with E-state index in [0.717, 1.165) is 10.7 Å². The van der Waals surface area contributed by atoms with Crippen molar-refractivity contribution in [1.29, 1.82) is 5.26 Å². The van der Waals surface area contributed by atoms with Crippen molar-refractivity contribution >= 4 is 27.3 Å². The topological polar surface area (TPSA) is 41.6 Å². The lowest BCUT2D eigenvalue weighted by molar-refractivity contribution is 0.909. The highest BCUT2D eigenvalue weighted by Gasteiger charge is 2.13. The van der Waals surface area contributed by atoms with Crippen LogP contribution in [0.3, 0.4) is 0 Å². The molecule has 0 radical (unpaired) electrons. The second kappa shape index (κ2) is 3.56. The van der Waals surface area contributed by atoms with Gasteiger partial charge in [0.15, 0.2) is 11.5 Å². The largest absolute Gasteiger partial charge is 0.317 e. The van der Waals surface area contributed by atoms with Gasteiger partial charge in [0.2, 0.25) is 0 Å². The standard InChI is InChI=1S/C9H6BrN3S/c1-13-6(5-11)8(10)12-9(13)7-3-2-4-14-7/h2-4H,1H3. The Hall–Kier alpha value is -1.12. The van der Waals surface area contributed by atoms with Crippen LogP contribution in [0.25, 0.3) is 10.7 Å². The summed E-state index contributed by atoms with van der Waals surface area (Å²) in [6, 6.07) is 6.06. The summed E-state index contributed by atoms with van der Waals surface area (Å²) in [6.45, 7) is 0. The van der Waals surface area contributed by atoms with Crippen LogP contribution in [0.15, 0.2) is 22.1 Å². The van der Waals surface area contributed by atoms with Crippen molar-refractivity contribution in [3.63, 3.8) is 0 Å². The number of nitriles is 1. The number of hydrogen-bond acceptors (Lipinski definition) is 3. The molecule has 0 fully saturated rings. The van der Waals surface area contributed by atoms with Gasteiger partial charge >= 0.3 is 0 Å². The highest BCUT2D eigenvalue weighted by atomic mass is 79.9. The Morgan fingerprint density at radius 1 is 1.64 bits per heavy atom. The summed E-state index contributed by atoms with van der Waals surface area (Å²) < 4.78 is 2.39. The molecule has 5 heteroatoms. The van der Waals surface area contributed by atoms with Crippen LogP contribution in [0, 0.1) is 11.3 Å². The molecule has 70 valence electrons. The highest BCUT2D eigenvalue weighted by molar-refractivity contribution is 9.10. The molecule has 0 unspecified atom stereocenters. The summed E-state index contributed by atoms with van der Waals surface area (Å²) in [7, 11) is 1.84. The lowest BCUT2D eigenvalue weighted by Gasteiger charge is -1.97. The summed E-state index contributed by atoms with van der Waals surface area (Å²) >= 11 is 4.87. The van der Waals surface area contributed by atoms with Gasteiger partial charge in [-0.15, -0.1) is 11.3 Å². The Balaban J connectivity index is 2.63. The lowest BCUT2D eigenvalue weighted by atomic mass is 10.4. The second-order valence-corrected chi connectivity index (χ2v) is 4.42. The first-order chi connectivity index (χ1) is 6.74. The monoisotopic (exact) mass is 267 g/mol. The number of hydrogen-bond donors (Lipinski definition) is 0. The molecular weight excluding hydrogens is 262 g/mol. The van der Waals surface area contributed by atoms with Gasteiger partial charge in [0.25, 0.3) is 0 Å². The molecule has 0 aliphatic rings. The Morgan fingerprint density at radius 3 is 2.93 bits per heavy atom. The molecule has 0 amide bonds. The zero-order valence-electron chi connectivity index (χ0n) is 7.36. The molecule has 3 nitrogen and oxygen atoms in total. The summed E-state index contributed by atoms with van der Waals surface area (Å²) in [5.74, 6) is 0.823. The van der Waals surface area contributed by atoms with Gasteiger partial charge in [-0.2, -0.15) is 5.26 Å². The molecule has 0 spiro atoms. The highest BCUT2D eigenvalue weighted by Crippen LogP contribution is 2.27. The fraction of sp³-hybridized carbons (Fsp3) is 0.111. The number of aromatic nitrogens is 2. The third kappa shape index (κ3) is 1.37. The zero-order valence-corrected chi connectivity index (χ0v) is 9.76. The molecule has 0 bridgehead atoms. The number of rotatable bonds is 1. The molecule has 0 atom stereocenters. The minimum absolute atomic E-state index is 0.549. The van der Waals surface area contributed by atoms with Crippen molar-refractivity contribution in [2.75, 3.05) is 0 Å². The van der Waals surface area contributed by atoms with Gasteiger partial charge in [-0.3, -0.25) is 0 Å². The second-order valence-electron chi connectivity index (χ2n) is 2.72. The maximum absolute atomic E-state index is 8.87. The van der Waals surface area contributed by atoms with E-state index in [9.17, 15) is 0 Å². The zero-order chi connectivity index (χ0) is 10.1. The van der Waals surface area contributed by atoms with E-state index in [1.807, 2.05) is 24.6 Å². The third-order valence-corrected chi connectivity index (χ3v) is 3.32. The molecule has 0 saturated carbocycles. The molecule has 0 N–H and O–H groups in total. The quantitative estimate of drug-likeness (QED) is 0.798. The maximum Gasteiger partial charge on any atom is 0.154 e. The summed E-state index contributed by atoms with van der Waals surface area (Å²) in [6.07, 6.45) is 0. The summed E-state index contributed by atoms with van der Waals surface area (Å²) in [5, 5.41) is 10.9. The predicted octanol–water partition coefficient (Wildman–Crippen LogP) is 2.78. The van der Waals surface area contributed by atoms with Crippen LogP contribution >= 0.6 is 27.3 Å². The van der Waals surface area contributed by atoms with Crippen LogP contribution in [-0.2, 0) is 7.05 Å². The Kier molecular flexibility index (Phi) is 2.40. The number of thiophene rings is 1. The first kappa shape index (κ1) is 9.44. The molecule has 0 aromatic carbocycles. The van der Waals surface area contributed by atoms with Crippen molar-refractivity contribution < 1.29 is 0 Å². The Labute approximate surface area is 93.8 Å². The van der Waals surface area contributed by atoms with Gasteiger partial charge in [-0.25, -0.2) is 4.98 Å². The number of nitrogens with zero attached hydrogens (tertiary/aromatic N) is 3. The number of imidazole rings is 1. The van der Waals surface area contributed by atoms with Crippen molar-refractivity contribution in [2.45, 2.75) is 0 Å². The summed E-state index contributed by atoms with van der Waals surface area (Å²) in [5.41, 5.74) is 0.549. The van der Waals surface area contributed by atoms with Crippen LogP contribution in [-0.4, -0.2) is 9.55 Å². The van der Waals surface area contributed by atoms with Gasteiger partial charge in [-0.05, 0) is 27.4 Å². The normalized spacial score (nSPS) is 10.1. The van der Waals surface area contributed by atoms with E-state index in [2.05, 4.69) is 27.0 Å². The fourth-order valence-electron chi connectivity index (χ4n) is 1.21. The van der Waals surface area contributed by atoms with Gasteiger partial charge in [0.1, 0.15) is 10.7 Å². The van der Waals surface area contributed by atoms with E-state index in [0.29, 0.717) is 10.3 Å². The van der Waals surface area contributed by atoms with Crippen molar-refractivity contribution in [3.05, 3.63) is 27.8 Å². The van der Waals surface area contributed by atoms with Crippen molar-refractivity contribution in [3.8, 4) is 16.8 Å². The third-order valence-electron chi connectivity index (χ3n) is 1.90. The number of halogens is 1. The van der Waals surface area contributed by atoms with Crippen LogP contribution in [0.4, 0.5) is 0 Å². The SMILES string of the molecule is Cn1c(-c2cccs2)nc(Br)c1C#N. The minimum atomic E-state index is 0.549. The molecule has 2 heterocycles. The molecule has 0 aliphatic heterocycles. The van der Waals surface area contributed by atoms with Gasteiger partial charge < -0.3 is 4.57 Å². The van der Waals surface area contributed by atoms with Crippen molar-refractivity contribution in [2.24, 2.45) is 7.05 Å². The predicted molar refractivity (Wildman–Crippen MR) is 58.9 cm³/mol. The van der Waals surface area contributed by atoms with E-state index in [1.54, 1.807) is 15.9 Å². The molecule has 2 aromatic rings. The average Bonchev–Trinajstić information content (AvgIpc) is 2.74. The van der Waals surface area contributed by atoms with Crippen LogP contribution < -0.4 is 0 Å². The molecule has 14 heavy (non-hydrogen) atoms. The first-order valence-electron chi connectivity index (χ1n) is 3.90. The molecule has 2 aromatic heterocycles. The Bertz CT molecular complexity index is 493. The Morgan fingerprint density at radius 2 is 2.43 bits per heavy atom. The van der Waals surface area contributed by atoms with Crippen LogP contribution in [0.2, 0.25) is 0 Å². The first-order valence-corrected chi connectivity index (χ1v) is 5.57. The van der Waals surface area contributed by atoms with E-state index in [1.165, 1.54) is 0 Å². The average molecular weight is 268 g/mol. The van der Waals surface area contributed by atoms with Crippen LogP contribution in [0.1, 0.15) is 5.69 Å². The minimum Gasteiger partial charge on any atom is -0.317 e. The van der Waals surface area contributed by atoms with Gasteiger partial charge in [-0.1, -0.05) is 6.07 Å². The van der Waals surface area contributed by atoms with E-state index in [-0.39, 0.29) is 0 Å². The smallest absolute Gasteiger partial charge is 0.154 e. The molecule has 0 saturated heterocycles. The van der Waals surface area contributed by atoms with Crippen molar-refractivity contribution in [1.82, 2.24) is 9.55 Å². The van der Waals surface area contributed by atoms with E-state index >= 15 is 0 Å². The molecular formula is C9H6BrN3S.